The minimum absolute atomic E-state index is 0.0446. The van der Waals surface area contributed by atoms with Gasteiger partial charge in [0, 0.05) is 25.3 Å². The minimum Gasteiger partial charge on any atom is -0.463 e. The molecule has 0 spiro atoms. The highest BCUT2D eigenvalue weighted by atomic mass is 31.2. The van der Waals surface area contributed by atoms with Crippen LogP contribution in [0.25, 0.3) is 0 Å². The number of carbonyl (C=O) groups excluding carboxylic acids is 13. The molecule has 4 saturated heterocycles. The third-order valence-corrected chi connectivity index (χ3v) is 23.0. The van der Waals surface area contributed by atoms with Gasteiger partial charge in [-0.15, -0.1) is 4.89 Å². The van der Waals surface area contributed by atoms with Crippen LogP contribution < -0.4 is 0 Å². The molecule has 141 heavy (non-hydrogen) atoms. The Balaban J connectivity index is 0.922. The zero-order valence-corrected chi connectivity index (χ0v) is 76.4. The minimum atomic E-state index is -6.43. The summed E-state index contributed by atoms with van der Waals surface area (Å²) in [6.45, 7) is -2.06. The van der Waals surface area contributed by atoms with Crippen LogP contribution in [0.5, 0.6) is 0 Å². The van der Waals surface area contributed by atoms with Crippen molar-refractivity contribution in [3.05, 3.63) is 359 Å². The van der Waals surface area contributed by atoms with E-state index in [1.54, 1.807) is 30.3 Å². The number of hydrogen-bond donors (Lipinski definition) is 2. The van der Waals surface area contributed by atoms with Crippen molar-refractivity contribution in [2.24, 2.45) is 0 Å². The van der Waals surface area contributed by atoms with Gasteiger partial charge in [-0.1, -0.05) is 187 Å². The molecule has 0 amide bonds. The fourth-order valence-corrected chi connectivity index (χ4v) is 16.3. The Morgan fingerprint density at radius 2 is 0.468 bits per heavy atom. The molecule has 2 unspecified atom stereocenters. The largest absolute Gasteiger partial charge is 0.697 e. The van der Waals surface area contributed by atoms with Gasteiger partial charge in [-0.3, -0.25) is 23.4 Å². The van der Waals surface area contributed by atoms with Gasteiger partial charge >= 0.3 is 93.7 Å². The lowest BCUT2D eigenvalue weighted by molar-refractivity contribution is -0.358. The van der Waals surface area contributed by atoms with E-state index in [2.05, 4.69) is 0 Å². The van der Waals surface area contributed by atoms with E-state index >= 15 is 28.5 Å². The molecule has 0 aliphatic carbocycles. The predicted octanol–water partition coefficient (Wildman–Crippen LogP) is 11.4. The van der Waals surface area contributed by atoms with Crippen LogP contribution >= 0.6 is 16.1 Å². The molecular formula is C100H89O39P2+. The number of benzene rings is 10. The highest BCUT2D eigenvalue weighted by Crippen LogP contribution is 2.50. The maximum atomic E-state index is 16.1. The molecule has 4 aliphatic heterocycles. The number of phosphoric acid groups is 1. The maximum Gasteiger partial charge on any atom is 0.697 e. The molecule has 0 saturated carbocycles. The van der Waals surface area contributed by atoms with Gasteiger partial charge in [0.15, 0.2) is 86.0 Å². The summed E-state index contributed by atoms with van der Waals surface area (Å²) in [6.07, 6.45) is -46.9. The van der Waals surface area contributed by atoms with Crippen molar-refractivity contribution >= 4 is 93.7 Å². The third-order valence-electron chi connectivity index (χ3n) is 21.6. The molecule has 0 bridgehead atoms. The lowest BCUT2D eigenvalue weighted by Crippen LogP contribution is -2.67. The van der Waals surface area contributed by atoms with E-state index in [4.69, 9.17) is 104 Å². The van der Waals surface area contributed by atoms with Crippen molar-refractivity contribution in [3.63, 3.8) is 0 Å². The van der Waals surface area contributed by atoms with E-state index in [0.29, 0.717) is 0 Å². The molecule has 10 aromatic carbocycles. The Hall–Kier alpha value is -14.8. The van der Waals surface area contributed by atoms with Crippen molar-refractivity contribution in [2.45, 2.75) is 144 Å². The molecule has 10 aromatic rings. The molecule has 0 aromatic heterocycles. The normalized spacial score (nSPS) is 24.5. The number of esters is 13. The average Bonchev–Trinajstić information content (AvgIpc) is 0.759. The molecule has 14 rings (SSSR count). The summed E-state index contributed by atoms with van der Waals surface area (Å²) < 4.78 is 166. The first-order chi connectivity index (χ1) is 68.1. The molecule has 0 radical (unpaired) electrons. The molecule has 4 aliphatic rings. The molecule has 22 atom stereocenters. The smallest absolute Gasteiger partial charge is 0.463 e. The van der Waals surface area contributed by atoms with Crippen LogP contribution in [-0.2, 0) is 127 Å². The van der Waals surface area contributed by atoms with Crippen LogP contribution in [0.15, 0.2) is 303 Å². The van der Waals surface area contributed by atoms with Gasteiger partial charge in [-0.05, 0) is 121 Å². The maximum absolute atomic E-state index is 16.1. The van der Waals surface area contributed by atoms with Crippen molar-refractivity contribution in [2.75, 3.05) is 26.4 Å². The molecule has 4 fully saturated rings. The number of phosphoric ester groups is 1. The molecule has 732 valence electrons. The summed E-state index contributed by atoms with van der Waals surface area (Å²) in [5, 5.41) is 0. The van der Waals surface area contributed by atoms with Crippen LogP contribution in [0.4, 0.5) is 0 Å². The zero-order valence-electron chi connectivity index (χ0n) is 74.6. The Morgan fingerprint density at radius 3 is 0.759 bits per heavy atom. The van der Waals surface area contributed by atoms with E-state index in [-0.39, 0.29) is 55.6 Å². The van der Waals surface area contributed by atoms with E-state index < -0.39 is 243 Å². The molecule has 39 nitrogen and oxygen atoms in total. The highest BCUT2D eigenvalue weighted by molar-refractivity contribution is 7.47. The Labute approximate surface area is 803 Å². The van der Waals surface area contributed by atoms with Crippen molar-refractivity contribution in [1.29, 1.82) is 0 Å². The standard InChI is InChI=1S/C100H88O39P2/c1-58(101)118-54-71-75(122-59(2)102)79(123-60(3)103)86(137-98-84(134-95(112)69-50-30-12-31-51-69)80(130-91(108)65-42-22-8-23-43-65)76(128-89(106)63-38-18-6-19-39-63)72(124-98)55-119-87(104)61-34-14-4-15-35-61)100(127-71)139-141(116,117)121-57-74-77(129-90(107)64-40-20-7-21-41-64)81(131-92(109)66-44-24-9-25-45-66)83(133-94(111)68-48-28-11-29-49-68)97(125-74)136-78-73(56-120-88(105)62-36-16-5-17-37-62)126-99(138-140(114)115)85(135-96(113)70-52-32-13-33-53-70)82(78)132-93(110)67-46-26-10-27-47-67/h4-53,71-86,97-100H,54-57H2,1-3H3,(H-,114,115,116,117)/p+1/t71-,72-,73-,74-,75-,76-,77+,78-,79+,80+,81+,82+,83-,84+,85+,86+,97+,98-,99-,100-/m1/s1. The van der Waals surface area contributed by atoms with E-state index in [1.807, 2.05) is 0 Å². The topological polar surface area (TPSA) is 500 Å². The molecule has 41 heteroatoms. The van der Waals surface area contributed by atoms with Gasteiger partial charge in [0.05, 0.1) is 62.2 Å². The van der Waals surface area contributed by atoms with Crippen LogP contribution in [0.1, 0.15) is 124 Å². The van der Waals surface area contributed by atoms with Gasteiger partial charge in [-0.2, -0.15) is 0 Å². The predicted molar refractivity (Wildman–Crippen MR) is 479 cm³/mol. The van der Waals surface area contributed by atoms with E-state index in [1.165, 1.54) is 273 Å². The van der Waals surface area contributed by atoms with Crippen molar-refractivity contribution < 1.29 is 185 Å². The summed E-state index contributed by atoms with van der Waals surface area (Å²) in [4.78, 5) is 213. The second-order valence-electron chi connectivity index (χ2n) is 31.4. The lowest BCUT2D eigenvalue weighted by atomic mass is 9.95. The van der Waals surface area contributed by atoms with Gasteiger partial charge in [-0.25, -0.2) is 52.5 Å². The van der Waals surface area contributed by atoms with Crippen molar-refractivity contribution in [1.82, 2.24) is 0 Å². The first kappa shape index (κ1) is 102. The summed E-state index contributed by atoms with van der Waals surface area (Å²) in [5.74, 6) is -15.7. The lowest BCUT2D eigenvalue weighted by Gasteiger charge is -2.49. The first-order valence-electron chi connectivity index (χ1n) is 43.5. The quantitative estimate of drug-likeness (QED) is 0.0207. The molecule has 4 heterocycles. The first-order valence-corrected chi connectivity index (χ1v) is 46.1. The van der Waals surface area contributed by atoms with Gasteiger partial charge in [0.1, 0.15) is 50.3 Å². The number of hydrogen-bond acceptors (Lipinski definition) is 37. The second kappa shape index (κ2) is 48.7. The highest BCUT2D eigenvalue weighted by Gasteiger charge is 2.63. The Kier molecular flexibility index (Phi) is 35.2. The Morgan fingerprint density at radius 1 is 0.255 bits per heavy atom. The third kappa shape index (κ3) is 27.4. The average molecular weight is 1980 g/mol. The van der Waals surface area contributed by atoms with E-state index in [0.717, 1.165) is 20.8 Å². The summed E-state index contributed by atoms with van der Waals surface area (Å²) in [6, 6.07) is 70.6. The number of carbonyl (C=O) groups is 13. The van der Waals surface area contributed by atoms with Crippen LogP contribution in [0, 0.1) is 0 Å². The zero-order chi connectivity index (χ0) is 99.6. The van der Waals surface area contributed by atoms with E-state index in [9.17, 15) is 52.7 Å². The van der Waals surface area contributed by atoms with Gasteiger partial charge in [0.2, 0.25) is 0 Å². The molecular weight excluding hydrogens is 1890 g/mol. The van der Waals surface area contributed by atoms with Crippen LogP contribution in [-0.4, -0.2) is 237 Å². The fourth-order valence-electron chi connectivity index (χ4n) is 15.2. The number of rotatable bonds is 37. The second-order valence-corrected chi connectivity index (χ2v) is 33.4. The summed E-state index contributed by atoms with van der Waals surface area (Å²) in [7, 11) is -10.3. The van der Waals surface area contributed by atoms with Crippen molar-refractivity contribution in [3.8, 4) is 0 Å². The monoisotopic (exact) mass is 1980 g/mol. The Bertz CT molecular complexity index is 6050. The summed E-state index contributed by atoms with van der Waals surface area (Å²) >= 11 is 0. The fraction of sp³-hybridized carbons (Fsp3) is 0.270. The molecule has 2 N–H and O–H groups in total. The SMILES string of the molecule is CC(=O)OC[C@H]1O[C@H](OP(=O)(O)OC[C@H]2O[C@@H](O[C@H]3[C@H](OC(=O)c4ccccc4)[C@H](OC(=O)c4ccccc4)[C@@H](O[P+](=O)O)O[C@@H]3COC(=O)c3ccccc3)[C@H](OC(=O)c3ccccc3)[C@@H](OC(=O)c3ccccc3)[C@H]2OC(=O)c2ccccc2)[C@@H](O[C@H]2O[C@H](COC(=O)c3ccccc3)[C@@H](OC(=O)c3ccccc3)[C@H](OC(=O)c3ccccc3)[C@@H]2OC(=O)c2ccccc2)[C@@H](OC(C)=O)[C@@H]1OC(C)=O. The number of ether oxygens (including phenoxy) is 19. The van der Waals surface area contributed by atoms with Gasteiger partial charge in [0.25, 0.3) is 6.29 Å². The summed E-state index contributed by atoms with van der Waals surface area (Å²) in [5.41, 5.74) is -1.84. The van der Waals surface area contributed by atoms with Crippen LogP contribution in [0.2, 0.25) is 0 Å². The van der Waals surface area contributed by atoms with Crippen LogP contribution in [0.3, 0.4) is 0 Å². The van der Waals surface area contributed by atoms with Gasteiger partial charge < -0.3 is 94.9 Å².